The zero-order valence-electron chi connectivity index (χ0n) is 18.1. The van der Waals surface area contributed by atoms with E-state index < -0.39 is 11.7 Å². The van der Waals surface area contributed by atoms with Gasteiger partial charge < -0.3 is 15.5 Å². The number of carbonyl (C=O) groups is 2. The molecular weight excluding hydrogens is 426 g/mol. The highest BCUT2D eigenvalue weighted by molar-refractivity contribution is 6.04. The maximum Gasteiger partial charge on any atom is 0.255 e. The third-order valence-corrected chi connectivity index (χ3v) is 5.77. The molecular formula is C25H24F2N4O2. The summed E-state index contributed by atoms with van der Waals surface area (Å²) in [6.07, 6.45) is 2.79. The largest absolute Gasteiger partial charge is 0.357 e. The zero-order valence-corrected chi connectivity index (χ0v) is 18.1. The average Bonchev–Trinajstić information content (AvgIpc) is 2.82. The van der Waals surface area contributed by atoms with Gasteiger partial charge >= 0.3 is 0 Å². The van der Waals surface area contributed by atoms with Gasteiger partial charge in [0.2, 0.25) is 5.91 Å². The number of aromatic nitrogens is 1. The lowest BCUT2D eigenvalue weighted by Crippen LogP contribution is -2.38. The molecule has 0 spiro atoms. The van der Waals surface area contributed by atoms with E-state index in [1.807, 2.05) is 4.90 Å². The fourth-order valence-corrected chi connectivity index (χ4v) is 3.86. The van der Waals surface area contributed by atoms with E-state index in [1.165, 1.54) is 24.3 Å². The van der Waals surface area contributed by atoms with Gasteiger partial charge in [0, 0.05) is 36.5 Å². The number of amides is 2. The Morgan fingerprint density at radius 1 is 0.970 bits per heavy atom. The smallest absolute Gasteiger partial charge is 0.255 e. The second kappa shape index (κ2) is 9.77. The van der Waals surface area contributed by atoms with Crippen LogP contribution in [-0.2, 0) is 4.79 Å². The first kappa shape index (κ1) is 22.4. The zero-order chi connectivity index (χ0) is 23.4. The van der Waals surface area contributed by atoms with Crippen molar-refractivity contribution in [2.24, 2.45) is 5.92 Å². The Kier molecular flexibility index (Phi) is 6.63. The fourth-order valence-electron chi connectivity index (χ4n) is 3.86. The highest BCUT2D eigenvalue weighted by Gasteiger charge is 2.26. The molecule has 4 rings (SSSR count). The van der Waals surface area contributed by atoms with E-state index in [4.69, 9.17) is 0 Å². The highest BCUT2D eigenvalue weighted by Crippen LogP contribution is 2.25. The Hall–Kier alpha value is -3.81. The van der Waals surface area contributed by atoms with Gasteiger partial charge in [-0.1, -0.05) is 12.1 Å². The molecule has 0 radical (unpaired) electrons. The van der Waals surface area contributed by atoms with Gasteiger partial charge in [-0.25, -0.2) is 13.8 Å². The Morgan fingerprint density at radius 2 is 1.73 bits per heavy atom. The molecule has 1 aliphatic heterocycles. The molecule has 8 heteroatoms. The van der Waals surface area contributed by atoms with Crippen LogP contribution < -0.4 is 15.5 Å². The SMILES string of the molecule is Cc1cc(F)ccc1NC(=O)C1CCN(c2cc(C(=O)Nc3ccccc3F)ccn2)CC1. The van der Waals surface area contributed by atoms with Crippen molar-refractivity contribution in [3.63, 3.8) is 0 Å². The van der Waals surface area contributed by atoms with Crippen molar-refractivity contribution in [1.29, 1.82) is 0 Å². The minimum atomic E-state index is -0.503. The quantitative estimate of drug-likeness (QED) is 0.587. The van der Waals surface area contributed by atoms with Crippen LogP contribution in [0.15, 0.2) is 60.8 Å². The summed E-state index contributed by atoms with van der Waals surface area (Å²) in [4.78, 5) is 31.6. The van der Waals surface area contributed by atoms with Crippen LogP contribution in [0.25, 0.3) is 0 Å². The van der Waals surface area contributed by atoms with Crippen LogP contribution in [0.5, 0.6) is 0 Å². The lowest BCUT2D eigenvalue weighted by Gasteiger charge is -2.32. The summed E-state index contributed by atoms with van der Waals surface area (Å²) in [5.41, 5.74) is 1.77. The minimum absolute atomic E-state index is 0.0877. The molecule has 0 atom stereocenters. The number of rotatable bonds is 5. The van der Waals surface area contributed by atoms with Gasteiger partial charge in [0.05, 0.1) is 5.69 Å². The van der Waals surface area contributed by atoms with Crippen LogP contribution in [0, 0.1) is 24.5 Å². The number of para-hydroxylation sites is 1. The highest BCUT2D eigenvalue weighted by atomic mass is 19.1. The molecule has 0 bridgehead atoms. The van der Waals surface area contributed by atoms with Gasteiger partial charge in [0.15, 0.2) is 0 Å². The number of carbonyl (C=O) groups excluding carboxylic acids is 2. The molecule has 0 aliphatic carbocycles. The van der Waals surface area contributed by atoms with Gasteiger partial charge in [0.25, 0.3) is 5.91 Å². The second-order valence-corrected chi connectivity index (χ2v) is 8.05. The summed E-state index contributed by atoms with van der Waals surface area (Å²) in [5.74, 6) is -0.891. The summed E-state index contributed by atoms with van der Waals surface area (Å²) in [5, 5.41) is 5.46. The molecule has 6 nitrogen and oxygen atoms in total. The van der Waals surface area contributed by atoms with E-state index in [0.717, 1.165) is 0 Å². The van der Waals surface area contributed by atoms with Gasteiger partial charge in [-0.05, 0) is 67.8 Å². The Morgan fingerprint density at radius 3 is 2.45 bits per heavy atom. The summed E-state index contributed by atoms with van der Waals surface area (Å²) in [7, 11) is 0. The average molecular weight is 450 g/mol. The van der Waals surface area contributed by atoms with Crippen molar-refractivity contribution < 1.29 is 18.4 Å². The third kappa shape index (κ3) is 5.34. The third-order valence-electron chi connectivity index (χ3n) is 5.77. The number of hydrogen-bond acceptors (Lipinski definition) is 4. The first-order valence-electron chi connectivity index (χ1n) is 10.7. The van der Waals surface area contributed by atoms with Gasteiger partial charge in [-0.15, -0.1) is 0 Å². The topological polar surface area (TPSA) is 74.3 Å². The predicted molar refractivity (Wildman–Crippen MR) is 123 cm³/mol. The number of pyridine rings is 1. The molecule has 1 aromatic heterocycles. The maximum absolute atomic E-state index is 13.8. The molecule has 2 N–H and O–H groups in total. The molecule has 1 aliphatic rings. The normalized spacial score (nSPS) is 14.1. The van der Waals surface area contributed by atoms with E-state index in [9.17, 15) is 18.4 Å². The van der Waals surface area contributed by atoms with Crippen LogP contribution in [0.3, 0.4) is 0 Å². The predicted octanol–water partition coefficient (Wildman–Crippen LogP) is 4.78. The number of aryl methyl sites for hydroxylation is 1. The number of halogens is 2. The molecule has 2 amide bonds. The number of nitrogens with zero attached hydrogens (tertiary/aromatic N) is 2. The fraction of sp³-hybridized carbons (Fsp3) is 0.240. The number of hydrogen-bond donors (Lipinski definition) is 2. The van der Waals surface area contributed by atoms with E-state index in [0.29, 0.717) is 48.6 Å². The molecule has 2 heterocycles. The first-order valence-corrected chi connectivity index (χ1v) is 10.7. The van der Waals surface area contributed by atoms with Crippen LogP contribution in [0.2, 0.25) is 0 Å². The molecule has 170 valence electrons. The Bertz CT molecular complexity index is 1180. The summed E-state index contributed by atoms with van der Waals surface area (Å²) in [6, 6.07) is 13.5. The molecule has 33 heavy (non-hydrogen) atoms. The minimum Gasteiger partial charge on any atom is -0.357 e. The number of benzene rings is 2. The lowest BCUT2D eigenvalue weighted by molar-refractivity contribution is -0.120. The Balaban J connectivity index is 1.36. The Labute approximate surface area is 190 Å². The van der Waals surface area contributed by atoms with Gasteiger partial charge in [-0.3, -0.25) is 9.59 Å². The van der Waals surface area contributed by atoms with Gasteiger partial charge in [-0.2, -0.15) is 0 Å². The van der Waals surface area contributed by atoms with Crippen molar-refractivity contribution in [3.05, 3.63) is 83.6 Å². The lowest BCUT2D eigenvalue weighted by atomic mass is 9.95. The molecule has 0 unspecified atom stereocenters. The van der Waals surface area contributed by atoms with Crippen LogP contribution in [-0.4, -0.2) is 29.9 Å². The van der Waals surface area contributed by atoms with Crippen LogP contribution in [0.1, 0.15) is 28.8 Å². The summed E-state index contributed by atoms with van der Waals surface area (Å²) >= 11 is 0. The van der Waals surface area contributed by atoms with E-state index in [1.54, 1.807) is 43.5 Å². The summed E-state index contributed by atoms with van der Waals surface area (Å²) < 4.78 is 27.1. The maximum atomic E-state index is 13.8. The second-order valence-electron chi connectivity index (χ2n) is 8.05. The number of piperidine rings is 1. The first-order chi connectivity index (χ1) is 15.9. The molecule has 2 aromatic carbocycles. The summed E-state index contributed by atoms with van der Waals surface area (Å²) in [6.45, 7) is 2.96. The molecule has 1 saturated heterocycles. The van der Waals surface area contributed by atoms with E-state index in [2.05, 4.69) is 15.6 Å². The molecule has 0 saturated carbocycles. The number of anilines is 3. The molecule has 1 fully saturated rings. The van der Waals surface area contributed by atoms with Crippen molar-refractivity contribution in [3.8, 4) is 0 Å². The van der Waals surface area contributed by atoms with Gasteiger partial charge in [0.1, 0.15) is 17.5 Å². The van der Waals surface area contributed by atoms with Crippen molar-refractivity contribution in [2.75, 3.05) is 28.6 Å². The monoisotopic (exact) mass is 450 g/mol. The van der Waals surface area contributed by atoms with E-state index >= 15 is 0 Å². The van der Waals surface area contributed by atoms with Crippen molar-refractivity contribution >= 4 is 29.0 Å². The standard InChI is InChI=1S/C25H24F2N4O2/c1-16-14-19(26)6-7-21(16)29-24(32)17-9-12-31(13-10-17)23-15-18(8-11-28-23)25(33)30-22-5-3-2-4-20(22)27/h2-8,11,14-15,17H,9-10,12-13H2,1H3,(H,29,32)(H,30,33). The van der Waals surface area contributed by atoms with Crippen LogP contribution >= 0.6 is 0 Å². The van der Waals surface area contributed by atoms with Crippen molar-refractivity contribution in [2.45, 2.75) is 19.8 Å². The molecule has 3 aromatic rings. The van der Waals surface area contributed by atoms with E-state index in [-0.39, 0.29) is 23.3 Å². The van der Waals surface area contributed by atoms with Crippen LogP contribution in [0.4, 0.5) is 26.0 Å². The van der Waals surface area contributed by atoms with Crippen molar-refractivity contribution in [1.82, 2.24) is 4.98 Å². The number of nitrogens with one attached hydrogen (secondary N) is 2.